The minimum absolute atomic E-state index is 0.392. The largest absolute Gasteiger partial charge is 0.247 e. The molecule has 0 aliphatic rings. The fraction of sp³-hybridized carbons (Fsp3) is 0.333. The third kappa shape index (κ3) is 4.27. The van der Waals surface area contributed by atoms with Crippen LogP contribution in [-0.4, -0.2) is 38.3 Å². The first-order valence-electron chi connectivity index (χ1n) is 3.91. The molecule has 0 spiro atoms. The van der Waals surface area contributed by atoms with Crippen LogP contribution in [0.1, 0.15) is 0 Å². The molecular weight excluding hydrogens is 369 g/mol. The van der Waals surface area contributed by atoms with Gasteiger partial charge >= 0.3 is 0 Å². The van der Waals surface area contributed by atoms with Crippen molar-refractivity contribution in [2.75, 3.05) is 11.5 Å². The molecule has 0 bridgehead atoms. The minimum atomic E-state index is -3.81. The van der Waals surface area contributed by atoms with E-state index < -0.39 is 36.5 Å². The molecule has 1 aromatic heterocycles. The van der Waals surface area contributed by atoms with E-state index in [9.17, 15) is 16.8 Å². The normalized spacial score (nSPS) is 12.6. The second-order valence-electron chi connectivity index (χ2n) is 2.87. The van der Waals surface area contributed by atoms with Crippen LogP contribution in [0.5, 0.6) is 0 Å². The fourth-order valence-corrected chi connectivity index (χ4v) is 3.47. The molecule has 90 valence electrons. The van der Waals surface area contributed by atoms with E-state index in [-0.39, 0.29) is 0 Å². The van der Waals surface area contributed by atoms with Gasteiger partial charge in [-0.15, -0.1) is 0 Å². The number of nitrogens with two attached hydrogens (primary N) is 1. The summed E-state index contributed by atoms with van der Waals surface area (Å²) in [6, 6.07) is 0. The second kappa shape index (κ2) is 4.89. The lowest BCUT2D eigenvalue weighted by atomic mass is 10.7. The van der Waals surface area contributed by atoms with Crippen molar-refractivity contribution >= 4 is 42.5 Å². The van der Waals surface area contributed by atoms with Gasteiger partial charge in [0.15, 0.2) is 0 Å². The third-order valence-corrected chi connectivity index (χ3v) is 4.61. The highest BCUT2D eigenvalue weighted by molar-refractivity contribution is 14.1. The van der Waals surface area contributed by atoms with Gasteiger partial charge in [-0.3, -0.25) is 0 Å². The zero-order chi connectivity index (χ0) is 12.4. The molecule has 0 amide bonds. The first-order chi connectivity index (χ1) is 7.21. The Kier molecular flexibility index (Phi) is 4.20. The fourth-order valence-electron chi connectivity index (χ4n) is 0.778. The van der Waals surface area contributed by atoms with Gasteiger partial charge in [0, 0.05) is 16.0 Å². The van der Waals surface area contributed by atoms with E-state index >= 15 is 0 Å². The predicted octanol–water partition coefficient (Wildman–Crippen LogP) is -0.857. The summed E-state index contributed by atoms with van der Waals surface area (Å²) in [6.07, 6.45) is 2.66. The lowest BCUT2D eigenvalue weighted by Crippen LogP contribution is -2.24. The molecule has 0 saturated heterocycles. The highest BCUT2D eigenvalue weighted by Gasteiger charge is 2.20. The summed E-state index contributed by atoms with van der Waals surface area (Å²) in [5.74, 6) is -1.27. The van der Waals surface area contributed by atoms with Gasteiger partial charge in [0.1, 0.15) is 0 Å². The van der Waals surface area contributed by atoms with Crippen LogP contribution >= 0.6 is 22.6 Å². The van der Waals surface area contributed by atoms with Crippen LogP contribution in [0.25, 0.3) is 0 Å². The summed E-state index contributed by atoms with van der Waals surface area (Å²) < 4.78 is 45.0. The van der Waals surface area contributed by atoms with Crippen LogP contribution in [0.3, 0.4) is 0 Å². The molecule has 0 saturated carbocycles. The molecule has 0 unspecified atom stereocenters. The number of aromatic nitrogens is 2. The van der Waals surface area contributed by atoms with Gasteiger partial charge in [-0.05, 0) is 22.6 Å². The second-order valence-corrected chi connectivity index (χ2v) is 7.85. The van der Waals surface area contributed by atoms with E-state index in [0.717, 1.165) is 0 Å². The average molecular weight is 377 g/mol. The monoisotopic (exact) mass is 377 g/mol. The lowest BCUT2D eigenvalue weighted by molar-refractivity contribution is 0.582. The van der Waals surface area contributed by atoms with Crippen molar-refractivity contribution in [3.05, 3.63) is 16.0 Å². The average Bonchev–Trinajstić information content (AvgIpc) is 2.15. The van der Waals surface area contributed by atoms with Crippen LogP contribution in [0, 0.1) is 3.57 Å². The number of sulfone groups is 1. The molecule has 0 aromatic carbocycles. The number of nitrogens with zero attached hydrogens (tertiary/aromatic N) is 2. The standard InChI is InChI=1S/C6H8IN3O4S2/c7-5-3-9-6(10-4-5)15(11,12)1-2-16(8,13)14/h3-4H,1-2H2,(H2,8,13,14). The van der Waals surface area contributed by atoms with Crippen molar-refractivity contribution in [3.63, 3.8) is 0 Å². The Hall–Kier alpha value is -0.330. The van der Waals surface area contributed by atoms with Crippen molar-refractivity contribution in [2.45, 2.75) is 5.16 Å². The predicted molar refractivity (Wildman–Crippen MR) is 64.8 cm³/mol. The van der Waals surface area contributed by atoms with E-state index in [1.807, 2.05) is 22.6 Å². The minimum Gasteiger partial charge on any atom is -0.229 e. The molecule has 0 aliphatic carbocycles. The van der Waals surface area contributed by atoms with Crippen molar-refractivity contribution in [1.82, 2.24) is 9.97 Å². The van der Waals surface area contributed by atoms with Crippen molar-refractivity contribution in [3.8, 4) is 0 Å². The van der Waals surface area contributed by atoms with E-state index in [1.54, 1.807) is 0 Å². The Bertz CT molecular complexity index is 566. The number of halogens is 1. The molecule has 7 nitrogen and oxygen atoms in total. The summed E-state index contributed by atoms with van der Waals surface area (Å²) in [7, 11) is -7.60. The molecule has 1 rings (SSSR count). The van der Waals surface area contributed by atoms with Gasteiger partial charge < -0.3 is 0 Å². The van der Waals surface area contributed by atoms with E-state index in [2.05, 4.69) is 9.97 Å². The topological polar surface area (TPSA) is 120 Å². The molecule has 0 aliphatic heterocycles. The van der Waals surface area contributed by atoms with Crippen LogP contribution in [0.4, 0.5) is 0 Å². The zero-order valence-corrected chi connectivity index (χ0v) is 11.7. The summed E-state index contributed by atoms with van der Waals surface area (Å²) in [6.45, 7) is 0. The Morgan fingerprint density at radius 2 is 1.62 bits per heavy atom. The molecule has 16 heavy (non-hydrogen) atoms. The molecule has 1 heterocycles. The van der Waals surface area contributed by atoms with Gasteiger partial charge in [0.2, 0.25) is 25.0 Å². The van der Waals surface area contributed by atoms with Crippen LogP contribution in [0.2, 0.25) is 0 Å². The van der Waals surface area contributed by atoms with E-state index in [4.69, 9.17) is 5.14 Å². The summed E-state index contributed by atoms with van der Waals surface area (Å²) in [4.78, 5) is 7.22. The van der Waals surface area contributed by atoms with Gasteiger partial charge in [0.25, 0.3) is 0 Å². The lowest BCUT2D eigenvalue weighted by Gasteiger charge is -2.01. The zero-order valence-electron chi connectivity index (χ0n) is 7.87. The quantitative estimate of drug-likeness (QED) is 0.539. The molecule has 0 radical (unpaired) electrons. The summed E-state index contributed by atoms with van der Waals surface area (Å²) in [5.41, 5.74) is 0. The summed E-state index contributed by atoms with van der Waals surface area (Å²) in [5, 5.41) is 4.32. The van der Waals surface area contributed by atoms with Crippen LogP contribution in [-0.2, 0) is 19.9 Å². The molecule has 0 fully saturated rings. The number of sulfonamides is 1. The first-order valence-corrected chi connectivity index (χ1v) is 8.36. The van der Waals surface area contributed by atoms with Crippen LogP contribution in [0.15, 0.2) is 17.6 Å². The van der Waals surface area contributed by atoms with Crippen molar-refractivity contribution in [1.29, 1.82) is 0 Å². The summed E-state index contributed by atoms with van der Waals surface area (Å²) >= 11 is 1.92. The number of primary sulfonamides is 1. The van der Waals surface area contributed by atoms with Gasteiger partial charge in [-0.1, -0.05) is 0 Å². The number of hydrogen-bond donors (Lipinski definition) is 1. The van der Waals surface area contributed by atoms with Crippen LogP contribution < -0.4 is 5.14 Å². The Balaban J connectivity index is 2.91. The van der Waals surface area contributed by atoms with Gasteiger partial charge in [-0.2, -0.15) is 0 Å². The maximum Gasteiger partial charge on any atom is 0.247 e. The smallest absolute Gasteiger partial charge is 0.229 e. The highest BCUT2D eigenvalue weighted by Crippen LogP contribution is 2.06. The molecule has 10 heteroatoms. The third-order valence-electron chi connectivity index (χ3n) is 1.51. The Morgan fingerprint density at radius 1 is 1.12 bits per heavy atom. The SMILES string of the molecule is NS(=O)(=O)CCS(=O)(=O)c1ncc(I)cn1. The van der Waals surface area contributed by atoms with E-state index in [0.29, 0.717) is 3.57 Å². The maximum absolute atomic E-state index is 11.5. The van der Waals surface area contributed by atoms with E-state index in [1.165, 1.54) is 12.4 Å². The Labute approximate surface area is 107 Å². The number of hydrogen-bond acceptors (Lipinski definition) is 6. The van der Waals surface area contributed by atoms with Gasteiger partial charge in [-0.25, -0.2) is 31.9 Å². The van der Waals surface area contributed by atoms with Gasteiger partial charge in [0.05, 0.1) is 11.5 Å². The molecule has 1 aromatic rings. The maximum atomic E-state index is 11.5. The van der Waals surface area contributed by atoms with Crippen molar-refractivity contribution in [2.24, 2.45) is 5.14 Å². The highest BCUT2D eigenvalue weighted by atomic mass is 127. The molecule has 0 atom stereocenters. The number of rotatable bonds is 4. The van der Waals surface area contributed by atoms with Crippen molar-refractivity contribution < 1.29 is 16.8 Å². The Morgan fingerprint density at radius 3 is 2.06 bits per heavy atom. The first kappa shape index (κ1) is 13.7. The molecular formula is C6H8IN3O4S2. The molecule has 2 N–H and O–H groups in total.